The number of nitrogens with one attached hydrogen (secondary N) is 1. The molecule has 0 radical (unpaired) electrons. The molecule has 1 atom stereocenters. The van der Waals surface area contributed by atoms with Gasteiger partial charge in [-0.25, -0.2) is 0 Å². The van der Waals surface area contributed by atoms with Crippen LogP contribution in [0.5, 0.6) is 5.75 Å². The SMILES string of the molecule is Cc1ccc(O[C@H](C)C(=O)Nc2ccc(C)c(C)c2)c(C)c1. The maximum absolute atomic E-state index is 12.3. The van der Waals surface area contributed by atoms with E-state index in [1.165, 1.54) is 11.1 Å². The van der Waals surface area contributed by atoms with Crippen LogP contribution < -0.4 is 10.1 Å². The Hall–Kier alpha value is -2.29. The summed E-state index contributed by atoms with van der Waals surface area (Å²) in [5, 5.41) is 2.90. The summed E-state index contributed by atoms with van der Waals surface area (Å²) in [5.74, 6) is 0.594. The molecule has 0 spiro atoms. The van der Waals surface area contributed by atoms with Crippen molar-refractivity contribution in [3.05, 3.63) is 58.7 Å². The van der Waals surface area contributed by atoms with E-state index >= 15 is 0 Å². The van der Waals surface area contributed by atoms with Gasteiger partial charge in [-0.3, -0.25) is 4.79 Å². The Bertz CT molecular complexity index is 692. The standard InChI is InChI=1S/C19H23NO2/c1-12-6-9-18(15(4)10-12)22-16(5)19(21)20-17-8-7-13(2)14(3)11-17/h6-11,16H,1-5H3,(H,20,21)/t16-/m1/s1. The molecular formula is C19H23NO2. The minimum Gasteiger partial charge on any atom is -0.481 e. The molecule has 3 heteroatoms. The van der Waals surface area contributed by atoms with Crippen LogP contribution in [-0.2, 0) is 4.79 Å². The maximum Gasteiger partial charge on any atom is 0.265 e. The highest BCUT2D eigenvalue weighted by molar-refractivity contribution is 5.94. The van der Waals surface area contributed by atoms with Crippen molar-refractivity contribution in [2.24, 2.45) is 0 Å². The van der Waals surface area contributed by atoms with Gasteiger partial charge in [0.15, 0.2) is 6.10 Å². The van der Waals surface area contributed by atoms with Crippen molar-refractivity contribution in [1.82, 2.24) is 0 Å². The third-order valence-electron chi connectivity index (χ3n) is 3.78. The molecule has 0 saturated heterocycles. The molecule has 1 amide bonds. The molecule has 2 rings (SSSR count). The average molecular weight is 297 g/mol. The Morgan fingerprint density at radius 1 is 0.955 bits per heavy atom. The summed E-state index contributed by atoms with van der Waals surface area (Å²) < 4.78 is 5.78. The molecule has 0 aromatic heterocycles. The third-order valence-corrected chi connectivity index (χ3v) is 3.78. The number of aryl methyl sites for hydroxylation is 4. The molecule has 1 N–H and O–H groups in total. The van der Waals surface area contributed by atoms with E-state index in [2.05, 4.69) is 5.32 Å². The number of carbonyl (C=O) groups excluding carboxylic acids is 1. The van der Waals surface area contributed by atoms with Crippen LogP contribution >= 0.6 is 0 Å². The second-order valence-corrected chi connectivity index (χ2v) is 5.82. The fraction of sp³-hybridized carbons (Fsp3) is 0.316. The molecule has 2 aromatic rings. The van der Waals surface area contributed by atoms with Gasteiger partial charge in [0.2, 0.25) is 0 Å². The predicted octanol–water partition coefficient (Wildman–Crippen LogP) is 4.33. The molecule has 0 aliphatic carbocycles. The van der Waals surface area contributed by atoms with E-state index in [1.807, 2.05) is 64.1 Å². The van der Waals surface area contributed by atoms with Crippen LogP contribution in [0.4, 0.5) is 5.69 Å². The number of anilines is 1. The summed E-state index contributed by atoms with van der Waals surface area (Å²) in [5.41, 5.74) is 5.37. The van der Waals surface area contributed by atoms with E-state index in [9.17, 15) is 4.79 Å². The number of carbonyl (C=O) groups is 1. The van der Waals surface area contributed by atoms with E-state index in [0.29, 0.717) is 0 Å². The highest BCUT2D eigenvalue weighted by atomic mass is 16.5. The van der Waals surface area contributed by atoms with E-state index < -0.39 is 6.10 Å². The molecule has 0 aliphatic heterocycles. The average Bonchev–Trinajstić information content (AvgIpc) is 2.45. The minimum atomic E-state index is -0.553. The van der Waals surface area contributed by atoms with Gasteiger partial charge < -0.3 is 10.1 Å². The molecule has 116 valence electrons. The summed E-state index contributed by atoms with van der Waals surface area (Å²) in [7, 11) is 0. The Kier molecular flexibility index (Phi) is 4.86. The zero-order chi connectivity index (χ0) is 16.3. The number of ether oxygens (including phenoxy) is 1. The molecule has 0 fully saturated rings. The van der Waals surface area contributed by atoms with Crippen molar-refractivity contribution in [2.45, 2.75) is 40.7 Å². The lowest BCUT2D eigenvalue weighted by Gasteiger charge is -2.17. The summed E-state index contributed by atoms with van der Waals surface area (Å²) in [4.78, 5) is 12.3. The fourth-order valence-electron chi connectivity index (χ4n) is 2.24. The Labute approximate surface area is 132 Å². The Morgan fingerprint density at radius 2 is 1.68 bits per heavy atom. The Morgan fingerprint density at radius 3 is 2.32 bits per heavy atom. The minimum absolute atomic E-state index is 0.150. The van der Waals surface area contributed by atoms with Crippen molar-refractivity contribution in [3.63, 3.8) is 0 Å². The highest BCUT2D eigenvalue weighted by Crippen LogP contribution is 2.21. The van der Waals surface area contributed by atoms with Crippen molar-refractivity contribution < 1.29 is 9.53 Å². The van der Waals surface area contributed by atoms with Crippen LogP contribution in [-0.4, -0.2) is 12.0 Å². The first-order valence-electron chi connectivity index (χ1n) is 7.49. The zero-order valence-electron chi connectivity index (χ0n) is 13.9. The number of hydrogen-bond acceptors (Lipinski definition) is 2. The van der Waals surface area contributed by atoms with Gasteiger partial charge in [0.25, 0.3) is 5.91 Å². The monoisotopic (exact) mass is 297 g/mol. The van der Waals surface area contributed by atoms with Gasteiger partial charge in [-0.15, -0.1) is 0 Å². The molecule has 0 unspecified atom stereocenters. The van der Waals surface area contributed by atoms with Crippen LogP contribution in [0.2, 0.25) is 0 Å². The van der Waals surface area contributed by atoms with E-state index in [0.717, 1.165) is 22.6 Å². The van der Waals surface area contributed by atoms with Crippen LogP contribution in [0.3, 0.4) is 0 Å². The van der Waals surface area contributed by atoms with Gasteiger partial charge in [0, 0.05) is 5.69 Å². The first kappa shape index (κ1) is 16.1. The molecule has 3 nitrogen and oxygen atoms in total. The molecule has 2 aromatic carbocycles. The van der Waals surface area contributed by atoms with Crippen molar-refractivity contribution in [1.29, 1.82) is 0 Å². The smallest absolute Gasteiger partial charge is 0.265 e. The number of hydrogen-bond donors (Lipinski definition) is 1. The zero-order valence-corrected chi connectivity index (χ0v) is 13.9. The van der Waals surface area contributed by atoms with Gasteiger partial charge in [0.05, 0.1) is 0 Å². The van der Waals surface area contributed by atoms with Gasteiger partial charge in [0.1, 0.15) is 5.75 Å². The van der Waals surface area contributed by atoms with Crippen LogP contribution in [0.25, 0.3) is 0 Å². The quantitative estimate of drug-likeness (QED) is 0.912. The highest BCUT2D eigenvalue weighted by Gasteiger charge is 2.16. The lowest BCUT2D eigenvalue weighted by Crippen LogP contribution is -2.30. The van der Waals surface area contributed by atoms with Gasteiger partial charge in [-0.1, -0.05) is 23.8 Å². The lowest BCUT2D eigenvalue weighted by atomic mass is 10.1. The normalized spacial score (nSPS) is 11.9. The van der Waals surface area contributed by atoms with E-state index in [4.69, 9.17) is 4.74 Å². The predicted molar refractivity (Wildman–Crippen MR) is 90.6 cm³/mol. The summed E-state index contributed by atoms with van der Waals surface area (Å²) in [6.07, 6.45) is -0.553. The summed E-state index contributed by atoms with van der Waals surface area (Å²) >= 11 is 0. The molecule has 0 heterocycles. The fourth-order valence-corrected chi connectivity index (χ4v) is 2.24. The molecule has 0 bridgehead atoms. The molecule has 22 heavy (non-hydrogen) atoms. The summed E-state index contributed by atoms with van der Waals surface area (Å²) in [6.45, 7) is 9.85. The number of benzene rings is 2. The summed E-state index contributed by atoms with van der Waals surface area (Å²) in [6, 6.07) is 11.8. The second-order valence-electron chi connectivity index (χ2n) is 5.82. The van der Waals surface area contributed by atoms with E-state index in [1.54, 1.807) is 6.92 Å². The third kappa shape index (κ3) is 3.88. The molecule has 0 aliphatic rings. The van der Waals surface area contributed by atoms with Crippen molar-refractivity contribution >= 4 is 11.6 Å². The Balaban J connectivity index is 2.04. The van der Waals surface area contributed by atoms with Crippen molar-refractivity contribution in [2.75, 3.05) is 5.32 Å². The first-order valence-corrected chi connectivity index (χ1v) is 7.49. The van der Waals surface area contributed by atoms with Gasteiger partial charge >= 0.3 is 0 Å². The first-order chi connectivity index (χ1) is 10.4. The van der Waals surface area contributed by atoms with Gasteiger partial charge in [-0.2, -0.15) is 0 Å². The van der Waals surface area contributed by atoms with Crippen LogP contribution in [0.1, 0.15) is 29.2 Å². The largest absolute Gasteiger partial charge is 0.481 e. The topological polar surface area (TPSA) is 38.3 Å². The van der Waals surface area contributed by atoms with Crippen LogP contribution in [0, 0.1) is 27.7 Å². The number of amides is 1. The van der Waals surface area contributed by atoms with E-state index in [-0.39, 0.29) is 5.91 Å². The molecular weight excluding hydrogens is 274 g/mol. The maximum atomic E-state index is 12.3. The van der Waals surface area contributed by atoms with Crippen molar-refractivity contribution in [3.8, 4) is 5.75 Å². The molecule has 0 saturated carbocycles. The second kappa shape index (κ2) is 6.65. The number of rotatable bonds is 4. The van der Waals surface area contributed by atoms with Gasteiger partial charge in [-0.05, 0) is 69.5 Å². The van der Waals surface area contributed by atoms with Crippen LogP contribution in [0.15, 0.2) is 36.4 Å². The lowest BCUT2D eigenvalue weighted by molar-refractivity contribution is -0.122.